The van der Waals surface area contributed by atoms with Gasteiger partial charge in [-0.15, -0.1) is 0 Å². The quantitative estimate of drug-likeness (QED) is 0.710. The van der Waals surface area contributed by atoms with E-state index < -0.39 is 10.2 Å². The second kappa shape index (κ2) is 7.31. The Kier molecular flexibility index (Phi) is 7.23. The van der Waals surface area contributed by atoms with E-state index in [9.17, 15) is 8.42 Å². The molecular weight excluding hydrogens is 240 g/mol. The number of hydrogen-bond donors (Lipinski definition) is 1. The molecule has 17 heavy (non-hydrogen) atoms. The van der Waals surface area contributed by atoms with Crippen LogP contribution >= 0.6 is 0 Å². The van der Waals surface area contributed by atoms with Gasteiger partial charge in [-0.1, -0.05) is 13.8 Å². The average Bonchev–Trinajstić information content (AvgIpc) is 2.23. The summed E-state index contributed by atoms with van der Waals surface area (Å²) in [5.41, 5.74) is 0. The van der Waals surface area contributed by atoms with Gasteiger partial charge in [-0.05, 0) is 25.7 Å². The molecule has 0 saturated heterocycles. The van der Waals surface area contributed by atoms with Crippen LogP contribution in [0.2, 0.25) is 0 Å². The number of rotatable bonds is 8. The number of aliphatic hydroxyl groups excluding tert-OH is 1. The highest BCUT2D eigenvalue weighted by Crippen LogP contribution is 2.15. The zero-order valence-corrected chi connectivity index (χ0v) is 12.4. The summed E-state index contributed by atoms with van der Waals surface area (Å²) in [7, 11) is -0.246. The molecule has 0 aromatic carbocycles. The fraction of sp³-hybridized carbons (Fsp3) is 1.00. The van der Waals surface area contributed by atoms with E-state index in [4.69, 9.17) is 5.11 Å². The molecule has 0 fully saturated rings. The molecule has 0 radical (unpaired) electrons. The van der Waals surface area contributed by atoms with Crippen molar-refractivity contribution < 1.29 is 13.5 Å². The maximum atomic E-state index is 12.1. The average molecular weight is 266 g/mol. The van der Waals surface area contributed by atoms with Crippen molar-refractivity contribution in [3.8, 4) is 0 Å². The highest BCUT2D eigenvalue weighted by molar-refractivity contribution is 7.86. The SMILES string of the molecule is CC(C)CC(C)N(C)S(=O)(=O)N(C)CCCO. The standard InChI is InChI=1S/C11H26N2O3S/c1-10(2)9-11(3)13(5)17(15,16)12(4)7-6-8-14/h10-11,14H,6-9H2,1-5H3. The van der Waals surface area contributed by atoms with Gasteiger partial charge in [0, 0.05) is 33.3 Å². The Morgan fingerprint density at radius 3 is 2.12 bits per heavy atom. The first kappa shape index (κ1) is 16.8. The van der Waals surface area contributed by atoms with Crippen LogP contribution in [-0.2, 0) is 10.2 Å². The van der Waals surface area contributed by atoms with Gasteiger partial charge in [0.05, 0.1) is 0 Å². The summed E-state index contributed by atoms with van der Waals surface area (Å²) in [6.45, 7) is 6.42. The lowest BCUT2D eigenvalue weighted by Crippen LogP contribution is -2.44. The molecule has 0 heterocycles. The van der Waals surface area contributed by atoms with Crippen LogP contribution in [-0.4, -0.2) is 55.4 Å². The third kappa shape index (κ3) is 5.33. The summed E-state index contributed by atoms with van der Waals surface area (Å²) in [4.78, 5) is 0. The van der Waals surface area contributed by atoms with Gasteiger partial charge in [0.15, 0.2) is 0 Å². The Balaban J connectivity index is 4.58. The largest absolute Gasteiger partial charge is 0.396 e. The molecule has 0 aromatic heterocycles. The van der Waals surface area contributed by atoms with E-state index in [0.717, 1.165) is 6.42 Å². The highest BCUT2D eigenvalue weighted by atomic mass is 32.2. The van der Waals surface area contributed by atoms with E-state index in [-0.39, 0.29) is 12.6 Å². The summed E-state index contributed by atoms with van der Waals surface area (Å²) < 4.78 is 27.0. The summed E-state index contributed by atoms with van der Waals surface area (Å²) in [5.74, 6) is 0.463. The Morgan fingerprint density at radius 1 is 1.18 bits per heavy atom. The summed E-state index contributed by atoms with van der Waals surface area (Å²) >= 11 is 0. The molecule has 1 atom stereocenters. The molecule has 1 unspecified atom stereocenters. The van der Waals surface area contributed by atoms with Gasteiger partial charge in [-0.3, -0.25) is 0 Å². The third-order valence-electron chi connectivity index (χ3n) is 2.82. The molecule has 5 nitrogen and oxygen atoms in total. The minimum Gasteiger partial charge on any atom is -0.396 e. The first-order chi connectivity index (χ1) is 7.73. The first-order valence-electron chi connectivity index (χ1n) is 6.03. The van der Waals surface area contributed by atoms with Crippen molar-refractivity contribution in [3.05, 3.63) is 0 Å². The van der Waals surface area contributed by atoms with Crippen LogP contribution in [0.15, 0.2) is 0 Å². The summed E-state index contributed by atoms with van der Waals surface area (Å²) in [5, 5.41) is 8.71. The monoisotopic (exact) mass is 266 g/mol. The second-order valence-electron chi connectivity index (χ2n) is 4.90. The smallest absolute Gasteiger partial charge is 0.281 e. The lowest BCUT2D eigenvalue weighted by atomic mass is 10.1. The van der Waals surface area contributed by atoms with Crippen molar-refractivity contribution in [1.29, 1.82) is 0 Å². The van der Waals surface area contributed by atoms with Crippen molar-refractivity contribution in [3.63, 3.8) is 0 Å². The van der Waals surface area contributed by atoms with Gasteiger partial charge in [-0.25, -0.2) is 0 Å². The van der Waals surface area contributed by atoms with Gasteiger partial charge in [-0.2, -0.15) is 17.0 Å². The van der Waals surface area contributed by atoms with Gasteiger partial charge < -0.3 is 5.11 Å². The number of nitrogens with zero attached hydrogens (tertiary/aromatic N) is 2. The Bertz CT molecular complexity index is 304. The minimum absolute atomic E-state index is 0.00508. The Labute approximate surface area is 106 Å². The van der Waals surface area contributed by atoms with Crippen LogP contribution in [0.3, 0.4) is 0 Å². The molecular formula is C11H26N2O3S. The number of aliphatic hydroxyl groups is 1. The van der Waals surface area contributed by atoms with Crippen molar-refractivity contribution in [2.45, 2.75) is 39.7 Å². The lowest BCUT2D eigenvalue weighted by Gasteiger charge is -2.29. The first-order valence-corrected chi connectivity index (χ1v) is 7.43. The predicted octanol–water partition coefficient (Wildman–Crippen LogP) is 0.912. The van der Waals surface area contributed by atoms with Crippen LogP contribution in [0.25, 0.3) is 0 Å². The fourth-order valence-corrected chi connectivity index (χ4v) is 3.03. The van der Waals surface area contributed by atoms with Crippen LogP contribution in [0.1, 0.15) is 33.6 Å². The van der Waals surface area contributed by atoms with Crippen molar-refractivity contribution >= 4 is 10.2 Å². The fourth-order valence-electron chi connectivity index (χ4n) is 1.69. The second-order valence-corrected chi connectivity index (χ2v) is 7.00. The topological polar surface area (TPSA) is 60.9 Å². The van der Waals surface area contributed by atoms with E-state index >= 15 is 0 Å². The van der Waals surface area contributed by atoms with E-state index in [1.54, 1.807) is 14.1 Å². The van der Waals surface area contributed by atoms with Crippen molar-refractivity contribution in [1.82, 2.24) is 8.61 Å². The number of hydrogen-bond acceptors (Lipinski definition) is 3. The zero-order valence-electron chi connectivity index (χ0n) is 11.5. The summed E-state index contributed by atoms with van der Waals surface area (Å²) in [6.07, 6.45) is 1.30. The van der Waals surface area contributed by atoms with Gasteiger partial charge in [0.25, 0.3) is 10.2 Å². The molecule has 0 aliphatic heterocycles. The van der Waals surface area contributed by atoms with Gasteiger partial charge in [0.2, 0.25) is 0 Å². The summed E-state index contributed by atoms with van der Waals surface area (Å²) in [6, 6.07) is -0.0171. The highest BCUT2D eigenvalue weighted by Gasteiger charge is 2.27. The van der Waals surface area contributed by atoms with Crippen LogP contribution in [0.5, 0.6) is 0 Å². The Hall–Kier alpha value is -0.170. The molecule has 0 saturated carbocycles. The van der Waals surface area contributed by atoms with Crippen LogP contribution < -0.4 is 0 Å². The molecule has 6 heteroatoms. The minimum atomic E-state index is -3.40. The molecule has 104 valence electrons. The molecule has 0 amide bonds. The normalized spacial score (nSPS) is 14.9. The van der Waals surface area contributed by atoms with E-state index in [1.807, 2.05) is 6.92 Å². The molecule has 0 aromatic rings. The third-order valence-corrected chi connectivity index (χ3v) is 4.88. The predicted molar refractivity (Wildman–Crippen MR) is 69.9 cm³/mol. The molecule has 1 N–H and O–H groups in total. The van der Waals surface area contributed by atoms with Crippen LogP contribution in [0.4, 0.5) is 0 Å². The van der Waals surface area contributed by atoms with Gasteiger partial charge >= 0.3 is 0 Å². The Morgan fingerprint density at radius 2 is 1.71 bits per heavy atom. The zero-order chi connectivity index (χ0) is 13.6. The maximum absolute atomic E-state index is 12.1. The van der Waals surface area contributed by atoms with Crippen LogP contribution in [0, 0.1) is 5.92 Å². The lowest BCUT2D eigenvalue weighted by molar-refractivity contribution is 0.267. The molecule has 0 aliphatic rings. The van der Waals surface area contributed by atoms with E-state index in [1.165, 1.54) is 8.61 Å². The molecule has 0 rings (SSSR count). The maximum Gasteiger partial charge on any atom is 0.281 e. The molecule has 0 spiro atoms. The van der Waals surface area contributed by atoms with E-state index in [2.05, 4.69) is 13.8 Å². The van der Waals surface area contributed by atoms with E-state index in [0.29, 0.717) is 18.9 Å². The van der Waals surface area contributed by atoms with Crippen molar-refractivity contribution in [2.24, 2.45) is 5.92 Å². The molecule has 0 aliphatic carbocycles. The van der Waals surface area contributed by atoms with Crippen molar-refractivity contribution in [2.75, 3.05) is 27.2 Å². The molecule has 0 bridgehead atoms. The van der Waals surface area contributed by atoms with Gasteiger partial charge in [0.1, 0.15) is 0 Å².